The van der Waals surface area contributed by atoms with Gasteiger partial charge < -0.3 is 20.7 Å². The Morgan fingerprint density at radius 2 is 1.87 bits per heavy atom. The van der Waals surface area contributed by atoms with E-state index in [-0.39, 0.29) is 11.8 Å². The molecule has 10 heteroatoms. The van der Waals surface area contributed by atoms with Gasteiger partial charge in [-0.1, -0.05) is 56.8 Å². The van der Waals surface area contributed by atoms with Crippen LogP contribution in [0.25, 0.3) is 27.8 Å². The summed E-state index contributed by atoms with van der Waals surface area (Å²) in [5, 5.41) is 15.7. The van der Waals surface area contributed by atoms with Crippen molar-refractivity contribution < 1.29 is 9.53 Å². The number of para-hydroxylation sites is 1. The summed E-state index contributed by atoms with van der Waals surface area (Å²) in [6.45, 7) is 10.5. The number of aromatic nitrogens is 5. The largest absolute Gasteiger partial charge is 0.381 e. The number of fused-ring (bicyclic) bond motifs is 2. The van der Waals surface area contributed by atoms with Gasteiger partial charge in [-0.25, -0.2) is 4.98 Å². The van der Waals surface area contributed by atoms with Crippen molar-refractivity contribution in [2.45, 2.75) is 71.1 Å². The van der Waals surface area contributed by atoms with E-state index in [1.807, 2.05) is 42.6 Å². The van der Waals surface area contributed by atoms with Crippen LogP contribution in [-0.2, 0) is 16.1 Å². The minimum Gasteiger partial charge on any atom is -0.381 e. The lowest BCUT2D eigenvalue weighted by atomic mass is 9.93. The van der Waals surface area contributed by atoms with Crippen LogP contribution in [-0.4, -0.2) is 49.7 Å². The molecular formula is C35H40N8O2. The van der Waals surface area contributed by atoms with Gasteiger partial charge in [0.05, 0.1) is 29.2 Å². The Labute approximate surface area is 263 Å². The number of aryl methyl sites for hydroxylation is 1. The van der Waals surface area contributed by atoms with E-state index < -0.39 is 0 Å². The molecule has 0 bridgehead atoms. The summed E-state index contributed by atoms with van der Waals surface area (Å²) < 4.78 is 7.36. The molecule has 3 N–H and O–H groups in total. The fourth-order valence-electron chi connectivity index (χ4n) is 6.03. The molecule has 0 unspecified atom stereocenters. The maximum atomic E-state index is 12.1. The molecule has 3 heterocycles. The molecule has 0 atom stereocenters. The number of carbonyl (C=O) groups excluding carboxylic acids is 1. The number of anilines is 3. The molecular weight excluding hydrogens is 564 g/mol. The quantitative estimate of drug-likeness (QED) is 0.148. The van der Waals surface area contributed by atoms with Gasteiger partial charge in [-0.3, -0.25) is 4.79 Å². The number of methoxy groups -OCH3 is 1. The van der Waals surface area contributed by atoms with E-state index in [9.17, 15) is 4.79 Å². The number of ether oxygens (including phenoxy) is 1. The molecule has 45 heavy (non-hydrogen) atoms. The normalized spacial score (nSPS) is 16.6. The predicted octanol–water partition coefficient (Wildman–Crippen LogP) is 6.88. The molecule has 6 rings (SSSR count). The minimum atomic E-state index is -0.276. The van der Waals surface area contributed by atoms with Gasteiger partial charge in [0, 0.05) is 36.2 Å². The molecule has 232 valence electrons. The first-order valence-electron chi connectivity index (χ1n) is 15.6. The summed E-state index contributed by atoms with van der Waals surface area (Å²) in [5.41, 5.74) is 7.25. The summed E-state index contributed by atoms with van der Waals surface area (Å²) in [7, 11) is 1.79. The summed E-state index contributed by atoms with van der Waals surface area (Å²) in [4.78, 5) is 26.9. The summed E-state index contributed by atoms with van der Waals surface area (Å²) in [6, 6.07) is 16.3. The number of rotatable bonds is 10. The van der Waals surface area contributed by atoms with Gasteiger partial charge in [0.15, 0.2) is 5.65 Å². The van der Waals surface area contributed by atoms with Crippen LogP contribution in [0, 0.1) is 6.92 Å². The maximum Gasteiger partial charge on any atom is 0.247 e. The molecule has 1 aliphatic carbocycles. The van der Waals surface area contributed by atoms with E-state index in [1.165, 1.54) is 6.08 Å². The molecule has 0 spiro atoms. The van der Waals surface area contributed by atoms with Gasteiger partial charge in [0.1, 0.15) is 0 Å². The van der Waals surface area contributed by atoms with Crippen molar-refractivity contribution in [3.63, 3.8) is 0 Å². The lowest BCUT2D eigenvalue weighted by Crippen LogP contribution is -2.30. The van der Waals surface area contributed by atoms with Crippen molar-refractivity contribution in [3.05, 3.63) is 84.1 Å². The minimum absolute atomic E-state index is 0.262. The number of nitrogens with zero attached hydrogens (tertiary/aromatic N) is 5. The average Bonchev–Trinajstić information content (AvgIpc) is 3.49. The molecule has 0 saturated heterocycles. The number of hydrogen-bond donors (Lipinski definition) is 3. The molecule has 1 saturated carbocycles. The highest BCUT2D eigenvalue weighted by atomic mass is 16.5. The Hall–Kier alpha value is -4.83. The van der Waals surface area contributed by atoms with Gasteiger partial charge in [0.25, 0.3) is 0 Å². The zero-order valence-electron chi connectivity index (χ0n) is 26.3. The van der Waals surface area contributed by atoms with E-state index >= 15 is 0 Å². The summed E-state index contributed by atoms with van der Waals surface area (Å²) in [6.07, 6.45) is 7.53. The molecule has 0 radical (unpaired) electrons. The first-order valence-corrected chi connectivity index (χ1v) is 15.6. The van der Waals surface area contributed by atoms with Crippen molar-refractivity contribution in [2.24, 2.45) is 0 Å². The van der Waals surface area contributed by atoms with Crippen molar-refractivity contribution in [2.75, 3.05) is 23.1 Å². The lowest BCUT2D eigenvalue weighted by molar-refractivity contribution is -0.111. The molecule has 0 aliphatic heterocycles. The van der Waals surface area contributed by atoms with Crippen LogP contribution < -0.4 is 16.0 Å². The van der Waals surface area contributed by atoms with Crippen LogP contribution in [0.1, 0.15) is 62.1 Å². The molecule has 2 aromatic carbocycles. The highest BCUT2D eigenvalue weighted by Crippen LogP contribution is 2.31. The van der Waals surface area contributed by atoms with Crippen molar-refractivity contribution in [1.82, 2.24) is 24.6 Å². The van der Waals surface area contributed by atoms with E-state index in [1.54, 1.807) is 11.6 Å². The lowest BCUT2D eigenvalue weighted by Gasteiger charge is -2.28. The van der Waals surface area contributed by atoms with Crippen LogP contribution in [0.3, 0.4) is 0 Å². The molecule has 1 amide bonds. The van der Waals surface area contributed by atoms with Crippen molar-refractivity contribution >= 4 is 40.0 Å². The number of hydrogen-bond acceptors (Lipinski definition) is 8. The number of benzene rings is 2. The van der Waals surface area contributed by atoms with E-state index in [2.05, 4.69) is 60.5 Å². The Morgan fingerprint density at radius 1 is 1.07 bits per heavy atom. The van der Waals surface area contributed by atoms with Crippen LogP contribution in [0.5, 0.6) is 0 Å². The topological polar surface area (TPSA) is 118 Å². The zero-order chi connectivity index (χ0) is 31.5. The Morgan fingerprint density at radius 3 is 2.62 bits per heavy atom. The Bertz CT molecular complexity index is 1860. The standard InChI is InChI=1S/C35H40N8O2/c1-6-31(44)39-30-12-8-10-23-13-18-29(40-32(23)30)26-11-7-9-22(4)28(26)19-36-35-42-34(38-24-14-16-25(45-5)17-15-24)41-33-27(21(2)3)20-37-43(33)35/h6-13,18,20-21,24-25H,1,14-17,19H2,2-5H3,(H,39,44)(H2,36,38,41,42). The fraction of sp³-hybridized carbons (Fsp3) is 0.343. The molecule has 5 aromatic rings. The molecule has 10 nitrogen and oxygen atoms in total. The van der Waals surface area contributed by atoms with E-state index in [4.69, 9.17) is 19.7 Å². The Kier molecular flexibility index (Phi) is 8.75. The second-order valence-electron chi connectivity index (χ2n) is 11.9. The monoisotopic (exact) mass is 604 g/mol. The van der Waals surface area contributed by atoms with E-state index in [0.717, 1.165) is 70.2 Å². The van der Waals surface area contributed by atoms with Crippen molar-refractivity contribution in [3.8, 4) is 11.3 Å². The van der Waals surface area contributed by atoms with Gasteiger partial charge in [-0.2, -0.15) is 19.6 Å². The zero-order valence-corrected chi connectivity index (χ0v) is 26.3. The van der Waals surface area contributed by atoms with E-state index in [0.29, 0.717) is 36.3 Å². The number of amides is 1. The van der Waals surface area contributed by atoms with Crippen molar-refractivity contribution in [1.29, 1.82) is 0 Å². The predicted molar refractivity (Wildman–Crippen MR) is 180 cm³/mol. The number of pyridine rings is 1. The first kappa shape index (κ1) is 30.2. The van der Waals surface area contributed by atoms with Crippen LogP contribution in [0.2, 0.25) is 0 Å². The molecule has 3 aromatic heterocycles. The van der Waals surface area contributed by atoms with Gasteiger partial charge in [-0.05, 0) is 67.9 Å². The third-order valence-corrected chi connectivity index (χ3v) is 8.63. The first-order chi connectivity index (χ1) is 21.8. The fourth-order valence-corrected chi connectivity index (χ4v) is 6.03. The highest BCUT2D eigenvalue weighted by molar-refractivity contribution is 6.05. The maximum absolute atomic E-state index is 12.1. The molecule has 1 aliphatic rings. The van der Waals surface area contributed by atoms with Crippen LogP contribution in [0.4, 0.5) is 17.6 Å². The second-order valence-corrected chi connectivity index (χ2v) is 11.9. The third-order valence-electron chi connectivity index (χ3n) is 8.63. The number of carbonyl (C=O) groups is 1. The Balaban J connectivity index is 1.33. The summed E-state index contributed by atoms with van der Waals surface area (Å²) in [5.74, 6) is 1.21. The second kappa shape index (κ2) is 13.0. The number of nitrogens with one attached hydrogen (secondary N) is 3. The van der Waals surface area contributed by atoms with Gasteiger partial charge in [0.2, 0.25) is 17.8 Å². The van der Waals surface area contributed by atoms with Crippen LogP contribution in [0.15, 0.2) is 67.4 Å². The highest BCUT2D eigenvalue weighted by Gasteiger charge is 2.23. The molecule has 1 fully saturated rings. The third kappa shape index (κ3) is 6.37. The van der Waals surface area contributed by atoms with Crippen LogP contribution >= 0.6 is 0 Å². The smallest absolute Gasteiger partial charge is 0.247 e. The van der Waals surface area contributed by atoms with Gasteiger partial charge in [-0.15, -0.1) is 0 Å². The summed E-state index contributed by atoms with van der Waals surface area (Å²) >= 11 is 0. The average molecular weight is 605 g/mol. The SMILES string of the molecule is C=CC(=O)Nc1cccc2ccc(-c3cccc(C)c3CNc3nc(NC4CCC(OC)CC4)nc4c(C(C)C)cnn34)nc12. The van der Waals surface area contributed by atoms with Gasteiger partial charge >= 0.3 is 0 Å².